The van der Waals surface area contributed by atoms with Gasteiger partial charge in [-0.2, -0.15) is 9.40 Å². The third-order valence-corrected chi connectivity index (χ3v) is 5.31. The molecule has 9 heteroatoms. The third-order valence-electron chi connectivity index (χ3n) is 3.49. The van der Waals surface area contributed by atoms with Crippen LogP contribution in [0.1, 0.15) is 17.1 Å². The van der Waals surface area contributed by atoms with Gasteiger partial charge in [0.15, 0.2) is 5.03 Å². The van der Waals surface area contributed by atoms with Crippen molar-refractivity contribution < 1.29 is 13.5 Å². The number of aromatic nitrogens is 4. The molecule has 0 saturated heterocycles. The molecule has 0 spiro atoms. The maximum absolute atomic E-state index is 12.6. The van der Waals surface area contributed by atoms with Gasteiger partial charge in [0.25, 0.3) is 10.0 Å². The lowest BCUT2D eigenvalue weighted by Crippen LogP contribution is -2.38. The summed E-state index contributed by atoms with van der Waals surface area (Å²) in [5, 5.41) is 15.7. The first kappa shape index (κ1) is 13.3. The Balaban J connectivity index is 1.97. The molecule has 8 nitrogen and oxygen atoms in total. The number of hydrogen-bond donors (Lipinski definition) is 2. The number of rotatable bonds is 3. The predicted molar refractivity (Wildman–Crippen MR) is 69.1 cm³/mol. The number of aliphatic hydroxyl groups excluding tert-OH is 1. The molecule has 2 aromatic rings. The number of nitrogens with zero attached hydrogens (tertiary/aromatic N) is 4. The van der Waals surface area contributed by atoms with E-state index in [4.69, 9.17) is 0 Å². The summed E-state index contributed by atoms with van der Waals surface area (Å²) in [7, 11) is -3.73. The standard InChI is InChI=1S/C11H15N5O3S/c1-8-9(7-17)11(14-13-8)20(18,19)16-5-4-15-3-2-12-10(15)6-16/h2-3,17H,4-7H2,1H3,(H,13,14). The van der Waals surface area contributed by atoms with Crippen molar-refractivity contribution in [3.63, 3.8) is 0 Å². The molecule has 2 aromatic heterocycles. The van der Waals surface area contributed by atoms with Gasteiger partial charge >= 0.3 is 0 Å². The Hall–Kier alpha value is -1.71. The second-order valence-corrected chi connectivity index (χ2v) is 6.52. The molecule has 0 atom stereocenters. The first-order chi connectivity index (χ1) is 9.54. The molecule has 2 N–H and O–H groups in total. The molecular formula is C11H15N5O3S. The zero-order chi connectivity index (χ0) is 14.3. The van der Waals surface area contributed by atoms with Gasteiger partial charge in [-0.3, -0.25) is 5.10 Å². The lowest BCUT2D eigenvalue weighted by atomic mass is 10.3. The quantitative estimate of drug-likeness (QED) is 0.803. The highest BCUT2D eigenvalue weighted by Crippen LogP contribution is 2.23. The van der Waals surface area contributed by atoms with Crippen LogP contribution >= 0.6 is 0 Å². The summed E-state index contributed by atoms with van der Waals surface area (Å²) >= 11 is 0. The Kier molecular flexibility index (Phi) is 3.11. The zero-order valence-electron chi connectivity index (χ0n) is 10.9. The number of nitrogens with one attached hydrogen (secondary N) is 1. The summed E-state index contributed by atoms with van der Waals surface area (Å²) in [4.78, 5) is 4.14. The van der Waals surface area contributed by atoms with Gasteiger partial charge in [-0.05, 0) is 6.92 Å². The Morgan fingerprint density at radius 2 is 2.25 bits per heavy atom. The lowest BCUT2D eigenvalue weighted by molar-refractivity contribution is 0.276. The van der Waals surface area contributed by atoms with Crippen molar-refractivity contribution in [2.45, 2.75) is 31.6 Å². The van der Waals surface area contributed by atoms with Crippen LogP contribution in [0, 0.1) is 6.92 Å². The van der Waals surface area contributed by atoms with Gasteiger partial charge in [0, 0.05) is 36.7 Å². The molecular weight excluding hydrogens is 282 g/mol. The van der Waals surface area contributed by atoms with Gasteiger partial charge in [-0.15, -0.1) is 0 Å². The molecule has 1 aliphatic heterocycles. The fraction of sp³-hybridized carbons (Fsp3) is 0.455. The minimum absolute atomic E-state index is 0.0995. The molecule has 20 heavy (non-hydrogen) atoms. The van der Waals surface area contributed by atoms with E-state index in [1.807, 2.05) is 10.8 Å². The fourth-order valence-corrected chi connectivity index (χ4v) is 3.85. The van der Waals surface area contributed by atoms with Crippen LogP contribution in [0.4, 0.5) is 0 Å². The van der Waals surface area contributed by atoms with Crippen LogP contribution in [-0.4, -0.2) is 44.1 Å². The Bertz CT molecular complexity index is 733. The van der Waals surface area contributed by atoms with Crippen molar-refractivity contribution in [3.05, 3.63) is 29.5 Å². The van der Waals surface area contributed by atoms with Gasteiger partial charge in [0.05, 0.1) is 13.2 Å². The van der Waals surface area contributed by atoms with E-state index in [9.17, 15) is 13.5 Å². The van der Waals surface area contributed by atoms with Crippen molar-refractivity contribution in [3.8, 4) is 0 Å². The van der Waals surface area contributed by atoms with Crippen LogP contribution < -0.4 is 0 Å². The number of fused-ring (bicyclic) bond motifs is 1. The van der Waals surface area contributed by atoms with E-state index in [2.05, 4.69) is 15.2 Å². The smallest absolute Gasteiger partial charge is 0.263 e. The summed E-state index contributed by atoms with van der Waals surface area (Å²) in [6.07, 6.45) is 3.49. The van der Waals surface area contributed by atoms with Crippen molar-refractivity contribution in [2.75, 3.05) is 6.54 Å². The molecule has 3 rings (SSSR count). The Morgan fingerprint density at radius 3 is 3.00 bits per heavy atom. The first-order valence-corrected chi connectivity index (χ1v) is 7.63. The van der Waals surface area contributed by atoms with E-state index in [1.54, 1.807) is 13.1 Å². The maximum atomic E-state index is 12.6. The monoisotopic (exact) mass is 297 g/mol. The fourth-order valence-electron chi connectivity index (χ4n) is 2.31. The molecule has 108 valence electrons. The summed E-state index contributed by atoms with van der Waals surface area (Å²) < 4.78 is 28.5. The van der Waals surface area contributed by atoms with Crippen LogP contribution in [0.5, 0.6) is 0 Å². The topological polar surface area (TPSA) is 104 Å². The van der Waals surface area contributed by atoms with Crippen molar-refractivity contribution in [2.24, 2.45) is 0 Å². The Labute approximate surface area is 116 Å². The van der Waals surface area contributed by atoms with Gasteiger partial charge in [-0.1, -0.05) is 0 Å². The maximum Gasteiger partial charge on any atom is 0.263 e. The molecule has 0 fully saturated rings. The summed E-state index contributed by atoms with van der Waals surface area (Å²) in [6.45, 7) is 2.46. The molecule has 0 bridgehead atoms. The SMILES string of the molecule is Cc1[nH]nc(S(=O)(=O)N2CCn3ccnc3C2)c1CO. The summed E-state index contributed by atoms with van der Waals surface area (Å²) in [5.41, 5.74) is 0.878. The zero-order valence-corrected chi connectivity index (χ0v) is 11.8. The summed E-state index contributed by atoms with van der Waals surface area (Å²) in [6, 6.07) is 0. The molecule has 0 aliphatic carbocycles. The van der Waals surface area contributed by atoms with Gasteiger partial charge < -0.3 is 9.67 Å². The highest BCUT2D eigenvalue weighted by atomic mass is 32.2. The minimum Gasteiger partial charge on any atom is -0.392 e. The minimum atomic E-state index is -3.73. The molecule has 1 aliphatic rings. The molecule has 0 radical (unpaired) electrons. The molecule has 0 saturated carbocycles. The average Bonchev–Trinajstić information content (AvgIpc) is 3.03. The summed E-state index contributed by atoms with van der Waals surface area (Å²) in [5.74, 6) is 0.706. The van der Waals surface area contributed by atoms with E-state index in [0.717, 1.165) is 0 Å². The number of H-pyrrole nitrogens is 1. The van der Waals surface area contributed by atoms with E-state index in [-0.39, 0.29) is 18.2 Å². The van der Waals surface area contributed by atoms with Crippen molar-refractivity contribution in [1.82, 2.24) is 24.1 Å². The van der Waals surface area contributed by atoms with E-state index < -0.39 is 10.0 Å². The predicted octanol–water partition coefficient (Wildman–Crippen LogP) is -0.389. The number of imidazole rings is 1. The lowest BCUT2D eigenvalue weighted by Gasteiger charge is -2.26. The molecule has 0 amide bonds. The van der Waals surface area contributed by atoms with Gasteiger partial charge in [0.2, 0.25) is 0 Å². The van der Waals surface area contributed by atoms with Crippen LogP contribution in [0.2, 0.25) is 0 Å². The third kappa shape index (κ3) is 1.94. The molecule has 0 unspecified atom stereocenters. The van der Waals surface area contributed by atoms with Gasteiger partial charge in [0.1, 0.15) is 5.82 Å². The Morgan fingerprint density at radius 1 is 1.45 bits per heavy atom. The highest BCUT2D eigenvalue weighted by molar-refractivity contribution is 7.89. The van der Waals surface area contributed by atoms with Crippen molar-refractivity contribution in [1.29, 1.82) is 0 Å². The number of aryl methyl sites for hydroxylation is 1. The molecule has 0 aromatic carbocycles. The second-order valence-electron chi connectivity index (χ2n) is 4.67. The first-order valence-electron chi connectivity index (χ1n) is 6.19. The van der Waals surface area contributed by atoms with E-state index >= 15 is 0 Å². The van der Waals surface area contributed by atoms with Crippen LogP contribution in [-0.2, 0) is 29.7 Å². The van der Waals surface area contributed by atoms with Crippen LogP contribution in [0.25, 0.3) is 0 Å². The second kappa shape index (κ2) is 4.69. The normalized spacial score (nSPS) is 16.3. The largest absolute Gasteiger partial charge is 0.392 e. The number of aliphatic hydroxyl groups is 1. The van der Waals surface area contributed by atoms with E-state index in [0.29, 0.717) is 30.2 Å². The van der Waals surface area contributed by atoms with Crippen LogP contribution in [0.3, 0.4) is 0 Å². The number of hydrogen-bond acceptors (Lipinski definition) is 5. The molecule has 3 heterocycles. The van der Waals surface area contributed by atoms with Crippen molar-refractivity contribution >= 4 is 10.0 Å². The van der Waals surface area contributed by atoms with Gasteiger partial charge in [-0.25, -0.2) is 13.4 Å². The van der Waals surface area contributed by atoms with Crippen LogP contribution in [0.15, 0.2) is 17.4 Å². The number of aromatic amines is 1. The number of sulfonamides is 1. The highest BCUT2D eigenvalue weighted by Gasteiger charge is 2.33. The average molecular weight is 297 g/mol. The van der Waals surface area contributed by atoms with E-state index in [1.165, 1.54) is 4.31 Å².